The van der Waals surface area contributed by atoms with Gasteiger partial charge in [0.2, 0.25) is 6.41 Å². The van der Waals surface area contributed by atoms with Crippen LogP contribution in [0.25, 0.3) is 33.4 Å². The Morgan fingerprint density at radius 2 is 2.02 bits per heavy atom. The second kappa shape index (κ2) is 16.7. The Morgan fingerprint density at radius 3 is 2.70 bits per heavy atom. The highest BCUT2D eigenvalue weighted by Crippen LogP contribution is 2.42. The number of pyridine rings is 1. The summed E-state index contributed by atoms with van der Waals surface area (Å²) in [4.78, 5) is 46.2. The number of hydrazine groups is 1. The van der Waals surface area contributed by atoms with Crippen LogP contribution in [-0.4, -0.2) is 77.8 Å². The summed E-state index contributed by atoms with van der Waals surface area (Å²) in [5.41, 5.74) is 9.46. The monoisotopic (exact) mass is 704 g/mol. The van der Waals surface area contributed by atoms with Gasteiger partial charge in [0, 0.05) is 72.4 Å². The minimum absolute atomic E-state index is 0.230. The van der Waals surface area contributed by atoms with Gasteiger partial charge >= 0.3 is 0 Å². The number of hydrogen-bond donors (Lipinski definition) is 2. The lowest BCUT2D eigenvalue weighted by atomic mass is 9.84. The summed E-state index contributed by atoms with van der Waals surface area (Å²) in [5, 5.41) is 7.89. The van der Waals surface area contributed by atoms with Gasteiger partial charge in [-0.15, -0.1) is 11.3 Å². The number of nitrogens with zero attached hydrogens (tertiary/aromatic N) is 4. The second-order valence-corrected chi connectivity index (χ2v) is 14.1. The molecule has 1 saturated heterocycles. The summed E-state index contributed by atoms with van der Waals surface area (Å²) in [7, 11) is 1.68. The van der Waals surface area contributed by atoms with Gasteiger partial charge in [-0.1, -0.05) is 19.9 Å². The number of aryl methyl sites for hydroxylation is 1. The van der Waals surface area contributed by atoms with Gasteiger partial charge in [0.25, 0.3) is 12.4 Å². The first kappa shape index (κ1) is 37.1. The maximum atomic E-state index is 13.6. The highest BCUT2D eigenvalue weighted by molar-refractivity contribution is 7.10. The number of fused-ring (bicyclic) bond motifs is 1. The van der Waals surface area contributed by atoms with Crippen molar-refractivity contribution in [3.05, 3.63) is 58.2 Å². The first-order chi connectivity index (χ1) is 24.2. The van der Waals surface area contributed by atoms with Crippen molar-refractivity contribution in [1.82, 2.24) is 30.3 Å². The number of thiazole rings is 1. The van der Waals surface area contributed by atoms with Crippen LogP contribution in [0.4, 0.5) is 0 Å². The average Bonchev–Trinajstić information content (AvgIpc) is 3.74. The SMILES string of the molecule is CCOC(c1nc(-c2ccc3c(c2)c(CC(C)(C)COC=O)c(-c2cccnc2C(C)OC)n3CC)cs1)C(NC=O)C(=O)N1CCCCN1. The molecular weight excluding hydrogens is 657 g/mol. The third kappa shape index (κ3) is 7.91. The van der Waals surface area contributed by atoms with E-state index in [0.717, 1.165) is 57.5 Å². The third-order valence-corrected chi connectivity index (χ3v) is 10.0. The summed E-state index contributed by atoms with van der Waals surface area (Å²) >= 11 is 1.40. The molecule has 3 unspecified atom stereocenters. The summed E-state index contributed by atoms with van der Waals surface area (Å²) in [6, 6.07) is 9.43. The Kier molecular flexibility index (Phi) is 12.4. The predicted molar refractivity (Wildman–Crippen MR) is 193 cm³/mol. The average molecular weight is 705 g/mol. The molecule has 2 amide bonds. The molecule has 4 aromatic rings. The number of amides is 2. The van der Waals surface area contributed by atoms with Crippen LogP contribution >= 0.6 is 11.3 Å². The number of aromatic nitrogens is 3. The van der Waals surface area contributed by atoms with E-state index in [-0.39, 0.29) is 24.0 Å². The molecule has 0 spiro atoms. The fourth-order valence-electron chi connectivity index (χ4n) is 6.69. The predicted octanol–water partition coefficient (Wildman–Crippen LogP) is 5.62. The van der Waals surface area contributed by atoms with Gasteiger partial charge in [0.15, 0.2) is 0 Å². The van der Waals surface area contributed by atoms with Crippen molar-refractivity contribution in [2.75, 3.05) is 33.4 Å². The molecule has 50 heavy (non-hydrogen) atoms. The standard InChI is InChI=1S/C37H48N6O6S/c1-7-42-30-14-13-25(29-20-50-35(41-29)34(49-8-2)32(39-22-44)36(46)43-17-10-9-16-40-43)18-27(30)28(19-37(4,5)21-48-23-45)33(42)26-12-11-15-38-31(26)24(3)47-6/h11-15,18,20,22-24,32,34,40H,7-10,16-17,19,21H2,1-6H3,(H,39,44). The summed E-state index contributed by atoms with van der Waals surface area (Å²) in [6.45, 7) is 13.2. The molecule has 2 N–H and O–H groups in total. The van der Waals surface area contributed by atoms with Crippen LogP contribution < -0.4 is 10.7 Å². The molecule has 3 atom stereocenters. The lowest BCUT2D eigenvalue weighted by Gasteiger charge is -2.33. The van der Waals surface area contributed by atoms with E-state index in [1.165, 1.54) is 11.3 Å². The minimum Gasteiger partial charge on any atom is -0.467 e. The van der Waals surface area contributed by atoms with Crippen LogP contribution in [0.2, 0.25) is 0 Å². The topological polar surface area (TPSA) is 137 Å². The van der Waals surface area contributed by atoms with E-state index >= 15 is 0 Å². The van der Waals surface area contributed by atoms with Crippen molar-refractivity contribution in [2.45, 2.75) is 78.7 Å². The first-order valence-corrected chi connectivity index (χ1v) is 18.1. The molecule has 1 aliphatic rings. The summed E-state index contributed by atoms with van der Waals surface area (Å²) < 4.78 is 19.4. The highest BCUT2D eigenvalue weighted by Gasteiger charge is 2.36. The molecule has 1 aliphatic heterocycles. The Labute approximate surface area is 297 Å². The quantitative estimate of drug-likeness (QED) is 0.134. The van der Waals surface area contributed by atoms with E-state index < -0.39 is 12.1 Å². The number of benzene rings is 1. The fraction of sp³-hybridized carbons (Fsp3) is 0.486. The van der Waals surface area contributed by atoms with Crippen LogP contribution in [0.3, 0.4) is 0 Å². The molecule has 1 aromatic carbocycles. The molecule has 0 radical (unpaired) electrons. The van der Waals surface area contributed by atoms with Gasteiger partial charge in [0.1, 0.15) is 17.2 Å². The first-order valence-electron chi connectivity index (χ1n) is 17.2. The van der Waals surface area contributed by atoms with E-state index in [9.17, 15) is 14.4 Å². The Balaban J connectivity index is 1.62. The van der Waals surface area contributed by atoms with Crippen molar-refractivity contribution in [1.29, 1.82) is 0 Å². The summed E-state index contributed by atoms with van der Waals surface area (Å²) in [6.07, 6.45) is 3.82. The van der Waals surface area contributed by atoms with Gasteiger partial charge < -0.3 is 24.1 Å². The number of methoxy groups -OCH3 is 1. The molecule has 0 aliphatic carbocycles. The van der Waals surface area contributed by atoms with Crippen molar-refractivity contribution in [3.8, 4) is 22.5 Å². The van der Waals surface area contributed by atoms with Gasteiger partial charge in [-0.2, -0.15) is 0 Å². The molecule has 1 fully saturated rings. The van der Waals surface area contributed by atoms with Crippen LogP contribution in [-0.2, 0) is 41.6 Å². The zero-order chi connectivity index (χ0) is 35.8. The third-order valence-electron chi connectivity index (χ3n) is 9.12. The van der Waals surface area contributed by atoms with Crippen molar-refractivity contribution in [2.24, 2.45) is 5.41 Å². The maximum absolute atomic E-state index is 13.6. The van der Waals surface area contributed by atoms with Gasteiger partial charge in [-0.05, 0) is 69.9 Å². The molecular formula is C37H48N6O6S. The van der Waals surface area contributed by atoms with E-state index in [1.807, 2.05) is 25.3 Å². The van der Waals surface area contributed by atoms with Crippen molar-refractivity contribution >= 4 is 41.0 Å². The lowest BCUT2D eigenvalue weighted by molar-refractivity contribution is -0.143. The van der Waals surface area contributed by atoms with Gasteiger partial charge in [-0.25, -0.2) is 10.4 Å². The van der Waals surface area contributed by atoms with Gasteiger partial charge in [-0.3, -0.25) is 24.4 Å². The van der Waals surface area contributed by atoms with Crippen LogP contribution in [0.5, 0.6) is 0 Å². The molecule has 4 heterocycles. The molecule has 268 valence electrons. The summed E-state index contributed by atoms with van der Waals surface area (Å²) in [5.74, 6) is -0.259. The lowest BCUT2D eigenvalue weighted by Crippen LogP contribution is -2.56. The fourth-order valence-corrected chi connectivity index (χ4v) is 7.60. The maximum Gasteiger partial charge on any atom is 0.293 e. The highest BCUT2D eigenvalue weighted by atomic mass is 32.1. The Morgan fingerprint density at radius 1 is 1.20 bits per heavy atom. The minimum atomic E-state index is -0.939. The number of hydrogen-bond acceptors (Lipinski definition) is 10. The van der Waals surface area contributed by atoms with Gasteiger partial charge in [0.05, 0.1) is 29.8 Å². The normalized spacial score (nSPS) is 15.4. The zero-order valence-corrected chi connectivity index (χ0v) is 30.5. The Bertz CT molecular complexity index is 1780. The number of ether oxygens (including phenoxy) is 3. The van der Waals surface area contributed by atoms with Crippen LogP contribution in [0, 0.1) is 5.41 Å². The number of carbonyl (C=O) groups excluding carboxylic acids is 3. The number of nitrogens with one attached hydrogen (secondary N) is 2. The second-order valence-electron chi connectivity index (χ2n) is 13.2. The largest absolute Gasteiger partial charge is 0.467 e. The smallest absolute Gasteiger partial charge is 0.293 e. The van der Waals surface area contributed by atoms with Crippen LogP contribution in [0.1, 0.15) is 75.9 Å². The van der Waals surface area contributed by atoms with Crippen molar-refractivity contribution in [3.63, 3.8) is 0 Å². The number of rotatable bonds is 17. The molecule has 13 heteroatoms. The Hall–Kier alpha value is -4.17. The van der Waals surface area contributed by atoms with E-state index in [4.69, 9.17) is 24.2 Å². The molecule has 3 aromatic heterocycles. The van der Waals surface area contributed by atoms with E-state index in [0.29, 0.717) is 50.6 Å². The number of carbonyl (C=O) groups is 3. The van der Waals surface area contributed by atoms with E-state index in [1.54, 1.807) is 18.3 Å². The zero-order valence-electron chi connectivity index (χ0n) is 29.7. The van der Waals surface area contributed by atoms with Crippen LogP contribution in [0.15, 0.2) is 41.9 Å². The molecule has 5 rings (SSSR count). The van der Waals surface area contributed by atoms with Crippen molar-refractivity contribution < 1.29 is 28.6 Å². The molecule has 0 saturated carbocycles. The molecule has 0 bridgehead atoms. The molecule has 12 nitrogen and oxygen atoms in total. The van der Waals surface area contributed by atoms with E-state index in [2.05, 4.69) is 60.3 Å².